The minimum atomic E-state index is -0.387. The van der Waals surface area contributed by atoms with Crippen LogP contribution in [0.5, 0.6) is 5.75 Å². The van der Waals surface area contributed by atoms with Crippen LogP contribution in [0.25, 0.3) is 11.2 Å². The molecule has 1 atom stereocenters. The van der Waals surface area contributed by atoms with Gasteiger partial charge in [-0.2, -0.15) is 5.10 Å². The minimum Gasteiger partial charge on any atom is -0.497 e. The largest absolute Gasteiger partial charge is 0.497 e. The smallest absolute Gasteiger partial charge is 0.282 e. The number of nitrogens with two attached hydrogens (primary N) is 1. The molecule has 28 heavy (non-hydrogen) atoms. The van der Waals surface area contributed by atoms with E-state index >= 15 is 0 Å². The quantitative estimate of drug-likeness (QED) is 0.582. The van der Waals surface area contributed by atoms with Gasteiger partial charge in [0.25, 0.3) is 5.56 Å². The summed E-state index contributed by atoms with van der Waals surface area (Å²) in [6.45, 7) is 1.83. The van der Waals surface area contributed by atoms with Crippen LogP contribution in [0.15, 0.2) is 71.7 Å². The average Bonchev–Trinajstić information content (AvgIpc) is 3.11. The number of rotatable bonds is 5. The summed E-state index contributed by atoms with van der Waals surface area (Å²) in [6.07, 6.45) is 2.42. The molecular weight excluding hydrogens is 352 g/mol. The van der Waals surface area contributed by atoms with Gasteiger partial charge in [-0.1, -0.05) is 30.3 Å². The molecule has 0 saturated heterocycles. The Morgan fingerprint density at radius 3 is 2.61 bits per heavy atom. The molecule has 0 fully saturated rings. The molecule has 0 aliphatic heterocycles. The second-order valence-corrected chi connectivity index (χ2v) is 6.79. The van der Waals surface area contributed by atoms with E-state index < -0.39 is 0 Å². The van der Waals surface area contributed by atoms with Crippen LogP contribution in [-0.2, 0) is 6.42 Å². The Hall–Kier alpha value is -3.38. The minimum absolute atomic E-state index is 0.128. The first-order chi connectivity index (χ1) is 13.6. The highest BCUT2D eigenvalue weighted by molar-refractivity contribution is 5.56. The predicted molar refractivity (Wildman–Crippen MR) is 109 cm³/mol. The van der Waals surface area contributed by atoms with Crippen molar-refractivity contribution in [2.24, 2.45) is 5.73 Å². The van der Waals surface area contributed by atoms with Gasteiger partial charge in [0.2, 0.25) is 0 Å². The van der Waals surface area contributed by atoms with E-state index in [-0.39, 0.29) is 11.6 Å². The third-order valence-electron chi connectivity index (χ3n) is 4.75. The zero-order chi connectivity index (χ0) is 19.7. The van der Waals surface area contributed by atoms with Crippen molar-refractivity contribution in [1.29, 1.82) is 0 Å². The summed E-state index contributed by atoms with van der Waals surface area (Å²) >= 11 is 0. The molecule has 4 rings (SSSR count). The summed E-state index contributed by atoms with van der Waals surface area (Å²) in [6, 6.07) is 18.9. The maximum Gasteiger partial charge on any atom is 0.282 e. The first-order valence-electron chi connectivity index (χ1n) is 9.15. The van der Waals surface area contributed by atoms with Crippen LogP contribution in [0.2, 0.25) is 0 Å². The van der Waals surface area contributed by atoms with Gasteiger partial charge >= 0.3 is 0 Å². The Kier molecular flexibility index (Phi) is 4.71. The topological polar surface area (TPSA) is 74.5 Å². The van der Waals surface area contributed by atoms with Gasteiger partial charge < -0.3 is 10.5 Å². The van der Waals surface area contributed by atoms with Gasteiger partial charge in [-0.15, -0.1) is 0 Å². The second-order valence-electron chi connectivity index (χ2n) is 6.79. The highest BCUT2D eigenvalue weighted by atomic mass is 16.5. The lowest BCUT2D eigenvalue weighted by molar-refractivity contribution is 0.414. The molecule has 2 aromatic heterocycles. The second kappa shape index (κ2) is 7.32. The fourth-order valence-electron chi connectivity index (χ4n) is 3.41. The number of methoxy groups -OCH3 is 1. The summed E-state index contributed by atoms with van der Waals surface area (Å²) in [5.41, 5.74) is 9.27. The number of nitrogens with zero attached hydrogens (tertiary/aromatic N) is 3. The molecule has 6 nitrogen and oxygen atoms in total. The van der Waals surface area contributed by atoms with Crippen molar-refractivity contribution >= 4 is 5.52 Å². The molecular formula is C22H22N4O2. The van der Waals surface area contributed by atoms with Crippen LogP contribution >= 0.6 is 0 Å². The van der Waals surface area contributed by atoms with E-state index in [1.165, 1.54) is 0 Å². The lowest BCUT2D eigenvalue weighted by Gasteiger charge is -2.15. The summed E-state index contributed by atoms with van der Waals surface area (Å²) in [5, 5.41) is 4.64. The number of hydrogen-bond acceptors (Lipinski definition) is 4. The summed E-state index contributed by atoms with van der Waals surface area (Å²) in [7, 11) is 1.64. The molecule has 0 amide bonds. The Morgan fingerprint density at radius 2 is 1.89 bits per heavy atom. The van der Waals surface area contributed by atoms with Crippen LogP contribution in [0.1, 0.15) is 29.9 Å². The molecule has 0 spiro atoms. The van der Waals surface area contributed by atoms with Crippen molar-refractivity contribution in [3.63, 3.8) is 0 Å². The number of hydrogen-bond donors (Lipinski definition) is 1. The highest BCUT2D eigenvalue weighted by Gasteiger charge is 2.18. The Morgan fingerprint density at radius 1 is 1.11 bits per heavy atom. The molecule has 0 bridgehead atoms. The monoisotopic (exact) mass is 374 g/mol. The van der Waals surface area contributed by atoms with E-state index in [9.17, 15) is 4.79 Å². The predicted octanol–water partition coefficient (Wildman–Crippen LogP) is 3.10. The lowest BCUT2D eigenvalue weighted by atomic mass is 10.1. The van der Waals surface area contributed by atoms with Crippen LogP contribution in [0.3, 0.4) is 0 Å². The maximum absolute atomic E-state index is 13.5. The van der Waals surface area contributed by atoms with Gasteiger partial charge in [-0.05, 0) is 54.8 Å². The van der Waals surface area contributed by atoms with Gasteiger partial charge in [0.1, 0.15) is 11.3 Å². The number of para-hydroxylation sites is 1. The zero-order valence-electron chi connectivity index (χ0n) is 15.9. The van der Waals surface area contributed by atoms with Crippen molar-refractivity contribution < 1.29 is 4.74 Å². The van der Waals surface area contributed by atoms with Gasteiger partial charge in [-0.3, -0.25) is 9.36 Å². The molecule has 0 saturated carbocycles. The number of ether oxygens (including phenoxy) is 1. The molecule has 2 heterocycles. The zero-order valence-corrected chi connectivity index (χ0v) is 15.9. The molecule has 0 aliphatic carbocycles. The summed E-state index contributed by atoms with van der Waals surface area (Å²) < 4.78 is 8.55. The molecule has 142 valence electrons. The summed E-state index contributed by atoms with van der Waals surface area (Å²) in [4.78, 5) is 13.5. The molecule has 6 heteroatoms. The van der Waals surface area contributed by atoms with E-state index in [2.05, 4.69) is 5.10 Å². The number of benzene rings is 2. The fourth-order valence-corrected chi connectivity index (χ4v) is 3.41. The van der Waals surface area contributed by atoms with E-state index in [0.717, 1.165) is 22.6 Å². The third-order valence-corrected chi connectivity index (χ3v) is 4.75. The maximum atomic E-state index is 13.5. The van der Waals surface area contributed by atoms with E-state index in [0.29, 0.717) is 17.8 Å². The lowest BCUT2D eigenvalue weighted by Crippen LogP contribution is -2.29. The molecule has 4 aromatic rings. The molecule has 0 unspecified atom stereocenters. The van der Waals surface area contributed by atoms with Crippen molar-refractivity contribution in [3.05, 3.63) is 94.2 Å². The van der Waals surface area contributed by atoms with Crippen molar-refractivity contribution in [2.75, 3.05) is 7.11 Å². The Bertz CT molecular complexity index is 1180. The van der Waals surface area contributed by atoms with Crippen molar-refractivity contribution in [1.82, 2.24) is 14.2 Å². The molecule has 0 aliphatic rings. The number of aromatic nitrogens is 3. The molecule has 2 aromatic carbocycles. The Labute approximate surface area is 162 Å². The van der Waals surface area contributed by atoms with E-state index in [4.69, 9.17) is 10.5 Å². The van der Waals surface area contributed by atoms with E-state index in [1.807, 2.05) is 73.8 Å². The average molecular weight is 374 g/mol. The van der Waals surface area contributed by atoms with Crippen molar-refractivity contribution in [2.45, 2.75) is 19.4 Å². The van der Waals surface area contributed by atoms with Crippen LogP contribution < -0.4 is 16.0 Å². The van der Waals surface area contributed by atoms with Crippen LogP contribution in [0.4, 0.5) is 0 Å². The van der Waals surface area contributed by atoms with E-state index in [1.54, 1.807) is 16.2 Å². The first kappa shape index (κ1) is 18.0. The standard InChI is InChI=1S/C22H22N4O2/c1-15(23)21-24-25-12-11-17(13-16-7-6-10-19(14-16)28-2)20(25)22(27)26(21)18-8-4-3-5-9-18/h3-12,14-15H,13,23H2,1-2H3/t15-/m0/s1. The van der Waals surface area contributed by atoms with Crippen LogP contribution in [0, 0.1) is 0 Å². The van der Waals surface area contributed by atoms with Gasteiger partial charge in [0.15, 0.2) is 5.82 Å². The van der Waals surface area contributed by atoms with Crippen molar-refractivity contribution in [3.8, 4) is 11.4 Å². The number of fused-ring (bicyclic) bond motifs is 1. The highest BCUT2D eigenvalue weighted by Crippen LogP contribution is 2.20. The van der Waals surface area contributed by atoms with Crippen LogP contribution in [-0.4, -0.2) is 21.3 Å². The van der Waals surface area contributed by atoms with Gasteiger partial charge in [-0.25, -0.2) is 4.52 Å². The van der Waals surface area contributed by atoms with Gasteiger partial charge in [0.05, 0.1) is 18.8 Å². The molecule has 2 N–H and O–H groups in total. The van der Waals surface area contributed by atoms with Gasteiger partial charge in [0, 0.05) is 6.20 Å². The SMILES string of the molecule is COc1cccc(Cc2ccn3nc([C@H](C)N)n(-c4ccccc4)c(=O)c23)c1. The Balaban J connectivity index is 1.90. The normalized spacial score (nSPS) is 12.2. The third kappa shape index (κ3) is 3.18. The summed E-state index contributed by atoms with van der Waals surface area (Å²) in [5.74, 6) is 1.31. The first-order valence-corrected chi connectivity index (χ1v) is 9.15. The fraction of sp³-hybridized carbons (Fsp3) is 0.182. The molecule has 0 radical (unpaired) electrons.